The third kappa shape index (κ3) is 3.06. The van der Waals surface area contributed by atoms with E-state index in [0.29, 0.717) is 6.54 Å². The van der Waals surface area contributed by atoms with E-state index in [0.717, 1.165) is 29.5 Å². The van der Waals surface area contributed by atoms with Gasteiger partial charge in [0.25, 0.3) is 0 Å². The van der Waals surface area contributed by atoms with Crippen LogP contribution in [-0.4, -0.2) is 21.1 Å². The van der Waals surface area contributed by atoms with Gasteiger partial charge in [0.2, 0.25) is 0 Å². The van der Waals surface area contributed by atoms with Crippen LogP contribution in [0.4, 0.5) is 0 Å². The largest absolute Gasteiger partial charge is 0.339 e. The van der Waals surface area contributed by atoms with E-state index < -0.39 is 0 Å². The van der Waals surface area contributed by atoms with Crippen molar-refractivity contribution in [1.82, 2.24) is 19.9 Å². The Morgan fingerprint density at radius 3 is 2.81 bits per heavy atom. The van der Waals surface area contributed by atoms with Crippen LogP contribution in [0.15, 0.2) is 42.9 Å². The zero-order chi connectivity index (χ0) is 14.7. The third-order valence-electron chi connectivity index (χ3n) is 3.42. The van der Waals surface area contributed by atoms with Crippen LogP contribution < -0.4 is 5.32 Å². The summed E-state index contributed by atoms with van der Waals surface area (Å²) in [6.45, 7) is 4.54. The first-order valence-electron chi connectivity index (χ1n) is 7.02. The SMILES string of the molecule is CCNCc1cn(Cc2ncccn2)c2cc(Cl)ccc12. The molecule has 21 heavy (non-hydrogen) atoms. The summed E-state index contributed by atoms with van der Waals surface area (Å²) in [6.07, 6.45) is 5.68. The molecule has 108 valence electrons. The Morgan fingerprint density at radius 2 is 2.05 bits per heavy atom. The number of hydrogen-bond donors (Lipinski definition) is 1. The molecular weight excluding hydrogens is 284 g/mol. The van der Waals surface area contributed by atoms with Crippen LogP contribution in [0.1, 0.15) is 18.3 Å². The van der Waals surface area contributed by atoms with Gasteiger partial charge < -0.3 is 9.88 Å². The molecule has 2 aromatic heterocycles. The number of nitrogens with zero attached hydrogens (tertiary/aromatic N) is 3. The zero-order valence-corrected chi connectivity index (χ0v) is 12.6. The Bertz CT molecular complexity index is 737. The summed E-state index contributed by atoms with van der Waals surface area (Å²) in [5.74, 6) is 0.796. The van der Waals surface area contributed by atoms with Gasteiger partial charge >= 0.3 is 0 Å². The molecular formula is C16H17ClN4. The van der Waals surface area contributed by atoms with Gasteiger partial charge in [-0.3, -0.25) is 0 Å². The minimum atomic E-state index is 0.643. The summed E-state index contributed by atoms with van der Waals surface area (Å²) in [7, 11) is 0. The quantitative estimate of drug-likeness (QED) is 0.786. The van der Waals surface area contributed by atoms with Crippen molar-refractivity contribution in [1.29, 1.82) is 0 Å². The fourth-order valence-corrected chi connectivity index (χ4v) is 2.60. The van der Waals surface area contributed by atoms with Crippen LogP contribution >= 0.6 is 11.6 Å². The lowest BCUT2D eigenvalue weighted by Crippen LogP contribution is -2.11. The summed E-state index contributed by atoms with van der Waals surface area (Å²) < 4.78 is 2.16. The number of halogens is 1. The minimum Gasteiger partial charge on any atom is -0.339 e. The molecule has 3 aromatic rings. The highest BCUT2D eigenvalue weighted by molar-refractivity contribution is 6.31. The minimum absolute atomic E-state index is 0.643. The second-order valence-electron chi connectivity index (χ2n) is 4.89. The standard InChI is InChI=1S/C16H17ClN4/c1-2-18-9-12-10-21(11-16-19-6-3-7-20-16)15-8-13(17)4-5-14(12)15/h3-8,10,18H,2,9,11H2,1H3. The third-order valence-corrected chi connectivity index (χ3v) is 3.66. The van der Waals surface area contributed by atoms with Crippen molar-refractivity contribution in [3.05, 3.63) is 59.3 Å². The lowest BCUT2D eigenvalue weighted by molar-refractivity contribution is 0.719. The van der Waals surface area contributed by atoms with Gasteiger partial charge in [0.05, 0.1) is 12.1 Å². The average Bonchev–Trinajstić information content (AvgIpc) is 2.83. The molecule has 3 rings (SSSR count). The summed E-state index contributed by atoms with van der Waals surface area (Å²) in [5.41, 5.74) is 2.38. The topological polar surface area (TPSA) is 42.7 Å². The fraction of sp³-hybridized carbons (Fsp3) is 0.250. The lowest BCUT2D eigenvalue weighted by atomic mass is 10.2. The van der Waals surface area contributed by atoms with Gasteiger partial charge in [0.1, 0.15) is 5.82 Å². The Labute approximate surface area is 128 Å². The van der Waals surface area contributed by atoms with Gasteiger partial charge in [0.15, 0.2) is 0 Å². The molecule has 0 saturated heterocycles. The highest BCUT2D eigenvalue weighted by Crippen LogP contribution is 2.25. The molecule has 0 radical (unpaired) electrons. The van der Waals surface area contributed by atoms with Gasteiger partial charge in [0, 0.05) is 35.5 Å². The Kier molecular flexibility index (Phi) is 4.18. The van der Waals surface area contributed by atoms with Crippen LogP contribution in [-0.2, 0) is 13.1 Å². The fourth-order valence-electron chi connectivity index (χ4n) is 2.44. The van der Waals surface area contributed by atoms with Gasteiger partial charge in [-0.1, -0.05) is 24.6 Å². The van der Waals surface area contributed by atoms with Gasteiger partial charge in [-0.05, 0) is 30.3 Å². The van der Waals surface area contributed by atoms with Crippen molar-refractivity contribution < 1.29 is 0 Å². The predicted molar refractivity (Wildman–Crippen MR) is 85.5 cm³/mol. The van der Waals surface area contributed by atoms with Gasteiger partial charge in [-0.25, -0.2) is 9.97 Å². The number of fused-ring (bicyclic) bond motifs is 1. The lowest BCUT2D eigenvalue weighted by Gasteiger charge is -2.04. The van der Waals surface area contributed by atoms with Crippen molar-refractivity contribution in [3.63, 3.8) is 0 Å². The van der Waals surface area contributed by atoms with Crippen molar-refractivity contribution in [3.8, 4) is 0 Å². The molecule has 2 heterocycles. The number of rotatable bonds is 5. The highest BCUT2D eigenvalue weighted by Gasteiger charge is 2.10. The van der Waals surface area contributed by atoms with Crippen molar-refractivity contribution in [2.45, 2.75) is 20.0 Å². The molecule has 5 heteroatoms. The molecule has 0 unspecified atom stereocenters. The number of aromatic nitrogens is 3. The van der Waals surface area contributed by atoms with Gasteiger partial charge in [-0.15, -0.1) is 0 Å². The zero-order valence-electron chi connectivity index (χ0n) is 11.9. The Hall–Kier alpha value is -1.91. The van der Waals surface area contributed by atoms with E-state index in [1.165, 1.54) is 10.9 Å². The van der Waals surface area contributed by atoms with Crippen molar-refractivity contribution in [2.75, 3.05) is 6.54 Å². The van der Waals surface area contributed by atoms with Crippen LogP contribution in [0.2, 0.25) is 5.02 Å². The number of hydrogen-bond acceptors (Lipinski definition) is 3. The Morgan fingerprint density at radius 1 is 1.24 bits per heavy atom. The van der Waals surface area contributed by atoms with Crippen LogP contribution in [0.3, 0.4) is 0 Å². The molecule has 0 aliphatic carbocycles. The van der Waals surface area contributed by atoms with E-state index in [-0.39, 0.29) is 0 Å². The smallest absolute Gasteiger partial charge is 0.147 e. The number of benzene rings is 1. The first-order valence-corrected chi connectivity index (χ1v) is 7.39. The molecule has 0 aliphatic heterocycles. The maximum Gasteiger partial charge on any atom is 0.147 e. The molecule has 0 fully saturated rings. The van der Waals surface area contributed by atoms with E-state index >= 15 is 0 Å². The molecule has 0 atom stereocenters. The normalized spacial score (nSPS) is 11.1. The van der Waals surface area contributed by atoms with E-state index in [1.807, 2.05) is 18.2 Å². The number of nitrogens with one attached hydrogen (secondary N) is 1. The molecule has 0 aliphatic rings. The van der Waals surface area contributed by atoms with Crippen LogP contribution in [0.5, 0.6) is 0 Å². The highest BCUT2D eigenvalue weighted by atomic mass is 35.5. The van der Waals surface area contributed by atoms with E-state index in [4.69, 9.17) is 11.6 Å². The first kappa shape index (κ1) is 14.0. The molecule has 0 saturated carbocycles. The second kappa shape index (κ2) is 6.24. The van der Waals surface area contributed by atoms with Crippen LogP contribution in [0.25, 0.3) is 10.9 Å². The molecule has 4 nitrogen and oxygen atoms in total. The van der Waals surface area contributed by atoms with Crippen LogP contribution in [0, 0.1) is 0 Å². The molecule has 1 aromatic carbocycles. The Balaban J connectivity index is 2.02. The predicted octanol–water partition coefficient (Wildman–Crippen LogP) is 3.24. The van der Waals surface area contributed by atoms with Crippen molar-refractivity contribution in [2.24, 2.45) is 0 Å². The van der Waals surface area contributed by atoms with Crippen molar-refractivity contribution >= 4 is 22.5 Å². The molecule has 0 amide bonds. The van der Waals surface area contributed by atoms with E-state index in [9.17, 15) is 0 Å². The molecule has 0 spiro atoms. The molecule has 0 bridgehead atoms. The summed E-state index contributed by atoms with van der Waals surface area (Å²) >= 11 is 6.15. The average molecular weight is 301 g/mol. The van der Waals surface area contributed by atoms with E-state index in [2.05, 4.69) is 39.0 Å². The summed E-state index contributed by atoms with van der Waals surface area (Å²) in [6, 6.07) is 7.83. The van der Waals surface area contributed by atoms with E-state index in [1.54, 1.807) is 12.4 Å². The van der Waals surface area contributed by atoms with Gasteiger partial charge in [-0.2, -0.15) is 0 Å². The monoisotopic (exact) mass is 300 g/mol. The molecule has 1 N–H and O–H groups in total. The first-order chi connectivity index (χ1) is 10.3. The second-order valence-corrected chi connectivity index (χ2v) is 5.33. The maximum atomic E-state index is 6.15. The maximum absolute atomic E-state index is 6.15. The summed E-state index contributed by atoms with van der Waals surface area (Å²) in [5, 5.41) is 5.33. The summed E-state index contributed by atoms with van der Waals surface area (Å²) in [4.78, 5) is 8.59.